The normalized spacial score (nSPS) is 15.8. The average Bonchev–Trinajstić information content (AvgIpc) is 3.43. The zero-order valence-corrected chi connectivity index (χ0v) is 18.8. The molecule has 1 aliphatic heterocycles. The van der Waals surface area contributed by atoms with E-state index in [0.29, 0.717) is 66.6 Å². The second-order valence-electron chi connectivity index (χ2n) is 7.98. The molecule has 3 heterocycles. The van der Waals surface area contributed by atoms with Gasteiger partial charge in [0.25, 0.3) is 11.8 Å². The molecule has 0 saturated carbocycles. The number of ether oxygens (including phenoxy) is 2. The molecule has 1 fully saturated rings. The summed E-state index contributed by atoms with van der Waals surface area (Å²) in [5, 5.41) is 2.85. The fourth-order valence-corrected chi connectivity index (χ4v) is 3.94. The number of aromatic nitrogens is 3. The minimum absolute atomic E-state index is 0.0551. The van der Waals surface area contributed by atoms with Crippen LogP contribution in [0.5, 0.6) is 0 Å². The van der Waals surface area contributed by atoms with Crippen LogP contribution in [-0.4, -0.2) is 71.3 Å². The zero-order valence-electron chi connectivity index (χ0n) is 18.8. The Kier molecular flexibility index (Phi) is 6.85. The van der Waals surface area contributed by atoms with Crippen LogP contribution in [-0.2, 0) is 16.0 Å². The van der Waals surface area contributed by atoms with Gasteiger partial charge in [0, 0.05) is 57.9 Å². The van der Waals surface area contributed by atoms with E-state index in [0.717, 1.165) is 6.42 Å². The number of aryl methyl sites for hydroxylation is 1. The number of likely N-dealkylation sites (tertiary alicyclic amines) is 1. The number of hydrogen-bond donors (Lipinski definition) is 2. The monoisotopic (exact) mass is 452 g/mol. The summed E-state index contributed by atoms with van der Waals surface area (Å²) < 4.78 is 12.3. The standard InChI is InChI=1S/C23H28N6O4/c1-32-10-4-8-29-20-19(26-23(29)27-21(30)15-5-3-6-17(24)11-15)12-16(13-25-20)22(31)28-9-7-18(14-28)33-2/h3,5-6,11-13,18H,4,7-10,14,24H2,1-2H3,(H,26,27,30)/t18-/m1/s1. The van der Waals surface area contributed by atoms with E-state index in [-0.39, 0.29) is 17.9 Å². The highest BCUT2D eigenvalue weighted by Crippen LogP contribution is 2.22. The fraction of sp³-hybridized carbons (Fsp3) is 0.391. The lowest BCUT2D eigenvalue weighted by atomic mass is 10.2. The highest BCUT2D eigenvalue weighted by Gasteiger charge is 2.27. The summed E-state index contributed by atoms with van der Waals surface area (Å²) in [6.07, 6.45) is 3.13. The molecule has 0 aliphatic carbocycles. The van der Waals surface area contributed by atoms with Gasteiger partial charge in [0.05, 0.1) is 11.7 Å². The number of imidazole rings is 1. The maximum Gasteiger partial charge on any atom is 0.258 e. The number of nitrogens with zero attached hydrogens (tertiary/aromatic N) is 4. The van der Waals surface area contributed by atoms with E-state index in [1.807, 2.05) is 4.57 Å². The van der Waals surface area contributed by atoms with E-state index in [9.17, 15) is 9.59 Å². The van der Waals surface area contributed by atoms with Gasteiger partial charge in [-0.25, -0.2) is 9.97 Å². The molecule has 3 aromatic rings. The third-order valence-electron chi connectivity index (χ3n) is 5.70. The predicted octanol–water partition coefficient (Wildman–Crippen LogP) is 2.16. The summed E-state index contributed by atoms with van der Waals surface area (Å²) in [4.78, 5) is 36.6. The highest BCUT2D eigenvalue weighted by atomic mass is 16.5. The molecule has 0 unspecified atom stereocenters. The largest absolute Gasteiger partial charge is 0.399 e. The lowest BCUT2D eigenvalue weighted by Crippen LogP contribution is -2.30. The summed E-state index contributed by atoms with van der Waals surface area (Å²) in [5.41, 5.74) is 8.30. The fourth-order valence-electron chi connectivity index (χ4n) is 3.94. The van der Waals surface area contributed by atoms with Crippen LogP contribution < -0.4 is 11.1 Å². The first-order valence-electron chi connectivity index (χ1n) is 10.8. The molecule has 1 aromatic carbocycles. The molecule has 0 bridgehead atoms. The van der Waals surface area contributed by atoms with Gasteiger partial charge in [-0.15, -0.1) is 0 Å². The number of nitrogen functional groups attached to an aromatic ring is 1. The first-order chi connectivity index (χ1) is 16.0. The number of rotatable bonds is 8. The molecule has 174 valence electrons. The Bertz CT molecular complexity index is 1160. The summed E-state index contributed by atoms with van der Waals surface area (Å²) in [6, 6.07) is 8.44. The zero-order chi connectivity index (χ0) is 23.4. The molecule has 2 aromatic heterocycles. The number of nitrogens with one attached hydrogen (secondary N) is 1. The van der Waals surface area contributed by atoms with Gasteiger partial charge in [0.1, 0.15) is 5.52 Å². The third-order valence-corrected chi connectivity index (χ3v) is 5.70. The van der Waals surface area contributed by atoms with Crippen LogP contribution in [0.25, 0.3) is 11.2 Å². The van der Waals surface area contributed by atoms with Gasteiger partial charge in [-0.1, -0.05) is 6.07 Å². The predicted molar refractivity (Wildman–Crippen MR) is 124 cm³/mol. The van der Waals surface area contributed by atoms with Gasteiger partial charge < -0.3 is 20.1 Å². The molecule has 10 heteroatoms. The van der Waals surface area contributed by atoms with Crippen molar-refractivity contribution in [2.75, 3.05) is 45.0 Å². The summed E-state index contributed by atoms with van der Waals surface area (Å²) >= 11 is 0. The number of amides is 2. The number of carbonyl (C=O) groups is 2. The first-order valence-corrected chi connectivity index (χ1v) is 10.8. The molecule has 0 radical (unpaired) electrons. The van der Waals surface area contributed by atoms with Crippen molar-refractivity contribution in [3.05, 3.63) is 47.7 Å². The topological polar surface area (TPSA) is 125 Å². The van der Waals surface area contributed by atoms with Crippen LogP contribution in [0.3, 0.4) is 0 Å². The van der Waals surface area contributed by atoms with E-state index < -0.39 is 0 Å². The Morgan fingerprint density at radius 1 is 1.24 bits per heavy atom. The number of benzene rings is 1. The average molecular weight is 453 g/mol. The van der Waals surface area contributed by atoms with Crippen LogP contribution >= 0.6 is 0 Å². The Hall–Kier alpha value is -3.50. The molecule has 10 nitrogen and oxygen atoms in total. The highest BCUT2D eigenvalue weighted by molar-refractivity contribution is 6.04. The molecule has 3 N–H and O–H groups in total. The Balaban J connectivity index is 1.63. The van der Waals surface area contributed by atoms with Gasteiger partial charge in [-0.05, 0) is 37.1 Å². The summed E-state index contributed by atoms with van der Waals surface area (Å²) in [7, 11) is 3.29. The van der Waals surface area contributed by atoms with Gasteiger partial charge in [0.15, 0.2) is 5.65 Å². The number of methoxy groups -OCH3 is 2. The smallest absolute Gasteiger partial charge is 0.258 e. The molecule has 2 amide bonds. The minimum atomic E-state index is -0.329. The molecule has 33 heavy (non-hydrogen) atoms. The van der Waals surface area contributed by atoms with Crippen molar-refractivity contribution >= 4 is 34.6 Å². The number of fused-ring (bicyclic) bond motifs is 1. The molecule has 4 rings (SSSR count). The Labute approximate surface area is 191 Å². The molecule has 1 atom stereocenters. The summed E-state index contributed by atoms with van der Waals surface area (Å²) in [6.45, 7) is 2.29. The quantitative estimate of drug-likeness (QED) is 0.396. The van der Waals surface area contributed by atoms with E-state index in [4.69, 9.17) is 15.2 Å². The van der Waals surface area contributed by atoms with Gasteiger partial charge in [-0.2, -0.15) is 0 Å². The number of pyridine rings is 1. The molecule has 1 aliphatic rings. The lowest BCUT2D eigenvalue weighted by Gasteiger charge is -2.16. The van der Waals surface area contributed by atoms with Gasteiger partial charge in [0.2, 0.25) is 5.95 Å². The maximum absolute atomic E-state index is 12.9. The van der Waals surface area contributed by atoms with Crippen molar-refractivity contribution < 1.29 is 19.1 Å². The minimum Gasteiger partial charge on any atom is -0.399 e. The Morgan fingerprint density at radius 3 is 2.82 bits per heavy atom. The molecular weight excluding hydrogens is 424 g/mol. The van der Waals surface area contributed by atoms with Gasteiger partial charge >= 0.3 is 0 Å². The first kappa shape index (κ1) is 22.7. The number of carbonyl (C=O) groups excluding carboxylic acids is 2. The van der Waals surface area contributed by atoms with Gasteiger partial charge in [-0.3, -0.25) is 19.5 Å². The van der Waals surface area contributed by atoms with Crippen molar-refractivity contribution in [2.24, 2.45) is 0 Å². The SMILES string of the molecule is COCCCn1c(NC(=O)c2cccc(N)c2)nc2cc(C(=O)N3CC[C@@H](OC)C3)cnc21. The van der Waals surface area contributed by atoms with E-state index in [2.05, 4.69) is 15.3 Å². The van der Waals surface area contributed by atoms with Crippen LogP contribution in [0.15, 0.2) is 36.5 Å². The second kappa shape index (κ2) is 9.97. The van der Waals surface area contributed by atoms with Crippen LogP contribution in [0.1, 0.15) is 33.6 Å². The number of anilines is 2. The maximum atomic E-state index is 12.9. The van der Waals surface area contributed by atoms with Crippen molar-refractivity contribution in [1.29, 1.82) is 0 Å². The molecular formula is C23H28N6O4. The lowest BCUT2D eigenvalue weighted by molar-refractivity contribution is 0.0724. The molecule has 0 spiro atoms. The number of nitrogens with two attached hydrogens (primary N) is 1. The van der Waals surface area contributed by atoms with Crippen LogP contribution in [0.2, 0.25) is 0 Å². The number of hydrogen-bond acceptors (Lipinski definition) is 7. The van der Waals surface area contributed by atoms with Crippen LogP contribution in [0, 0.1) is 0 Å². The Morgan fingerprint density at radius 2 is 2.09 bits per heavy atom. The van der Waals surface area contributed by atoms with E-state index >= 15 is 0 Å². The third kappa shape index (κ3) is 4.96. The summed E-state index contributed by atoms with van der Waals surface area (Å²) in [5.74, 6) is -0.0842. The van der Waals surface area contributed by atoms with Crippen molar-refractivity contribution in [1.82, 2.24) is 19.4 Å². The van der Waals surface area contributed by atoms with Crippen molar-refractivity contribution in [2.45, 2.75) is 25.5 Å². The van der Waals surface area contributed by atoms with E-state index in [1.165, 1.54) is 0 Å². The van der Waals surface area contributed by atoms with Crippen molar-refractivity contribution in [3.8, 4) is 0 Å². The van der Waals surface area contributed by atoms with Crippen LogP contribution in [0.4, 0.5) is 11.6 Å². The van der Waals surface area contributed by atoms with Crippen molar-refractivity contribution in [3.63, 3.8) is 0 Å². The second-order valence-corrected chi connectivity index (χ2v) is 7.98. The van der Waals surface area contributed by atoms with E-state index in [1.54, 1.807) is 55.6 Å². The molecule has 1 saturated heterocycles.